The molecule has 0 radical (unpaired) electrons. The third-order valence-electron chi connectivity index (χ3n) is 2.74. The Bertz CT molecular complexity index is 354. The van der Waals surface area contributed by atoms with Gasteiger partial charge in [-0.2, -0.15) is 0 Å². The van der Waals surface area contributed by atoms with Gasteiger partial charge in [0.2, 0.25) is 0 Å². The molecule has 1 unspecified atom stereocenters. The lowest BCUT2D eigenvalue weighted by Gasteiger charge is -2.32. The second-order valence-corrected chi connectivity index (χ2v) is 4.05. The Hall–Kier alpha value is -1.08. The van der Waals surface area contributed by atoms with Crippen LogP contribution in [0.4, 0.5) is 0 Å². The molecular weight excluding hydrogens is 172 g/mol. The topological polar surface area (TPSA) is 9.23 Å². The van der Waals surface area contributed by atoms with Crippen molar-refractivity contribution < 1.29 is 4.74 Å². The highest BCUT2D eigenvalue weighted by molar-refractivity contribution is 5.31. The summed E-state index contributed by atoms with van der Waals surface area (Å²) in [6, 6.07) is 8.50. The SMILES string of the molecule is C/C=C/C1(C)Cc2ccccc2CO1. The summed E-state index contributed by atoms with van der Waals surface area (Å²) in [7, 11) is 0. The number of fused-ring (bicyclic) bond motifs is 1. The van der Waals surface area contributed by atoms with Crippen molar-refractivity contribution in [2.24, 2.45) is 0 Å². The molecule has 0 fully saturated rings. The van der Waals surface area contributed by atoms with Crippen LogP contribution in [0.1, 0.15) is 25.0 Å². The van der Waals surface area contributed by atoms with Crippen LogP contribution in [0.5, 0.6) is 0 Å². The molecule has 14 heavy (non-hydrogen) atoms. The molecule has 1 aromatic carbocycles. The highest BCUT2D eigenvalue weighted by Gasteiger charge is 2.27. The maximum Gasteiger partial charge on any atom is 0.0879 e. The van der Waals surface area contributed by atoms with Gasteiger partial charge < -0.3 is 4.74 Å². The smallest absolute Gasteiger partial charge is 0.0879 e. The Morgan fingerprint density at radius 3 is 2.71 bits per heavy atom. The highest BCUT2D eigenvalue weighted by atomic mass is 16.5. The lowest BCUT2D eigenvalue weighted by atomic mass is 9.90. The molecule has 74 valence electrons. The first-order valence-electron chi connectivity index (χ1n) is 5.08. The summed E-state index contributed by atoms with van der Waals surface area (Å²) in [4.78, 5) is 0. The van der Waals surface area contributed by atoms with Gasteiger partial charge in [0.15, 0.2) is 0 Å². The second kappa shape index (κ2) is 3.58. The summed E-state index contributed by atoms with van der Waals surface area (Å²) in [5.41, 5.74) is 2.64. The van der Waals surface area contributed by atoms with Gasteiger partial charge in [-0.3, -0.25) is 0 Å². The zero-order valence-electron chi connectivity index (χ0n) is 8.79. The van der Waals surface area contributed by atoms with E-state index in [1.54, 1.807) is 0 Å². The maximum absolute atomic E-state index is 5.85. The number of hydrogen-bond acceptors (Lipinski definition) is 1. The van der Waals surface area contributed by atoms with Gasteiger partial charge in [0, 0.05) is 6.42 Å². The zero-order chi connectivity index (χ0) is 10.0. The fraction of sp³-hybridized carbons (Fsp3) is 0.385. The highest BCUT2D eigenvalue weighted by Crippen LogP contribution is 2.28. The average Bonchev–Trinajstić information content (AvgIpc) is 2.17. The molecule has 1 aromatic rings. The van der Waals surface area contributed by atoms with Crippen LogP contribution in [0.15, 0.2) is 36.4 Å². The lowest BCUT2D eigenvalue weighted by molar-refractivity contribution is -0.0182. The van der Waals surface area contributed by atoms with E-state index in [-0.39, 0.29) is 5.60 Å². The Kier molecular flexibility index (Phi) is 2.42. The Balaban J connectivity index is 2.29. The van der Waals surface area contributed by atoms with Crippen molar-refractivity contribution in [3.8, 4) is 0 Å². The predicted molar refractivity (Wildman–Crippen MR) is 58.2 cm³/mol. The van der Waals surface area contributed by atoms with Crippen molar-refractivity contribution in [3.63, 3.8) is 0 Å². The van der Waals surface area contributed by atoms with Crippen LogP contribution in [0, 0.1) is 0 Å². The van der Waals surface area contributed by atoms with Crippen LogP contribution < -0.4 is 0 Å². The molecule has 0 spiro atoms. The molecule has 1 aliphatic rings. The largest absolute Gasteiger partial charge is 0.366 e. The summed E-state index contributed by atoms with van der Waals surface area (Å²) in [5.74, 6) is 0. The van der Waals surface area contributed by atoms with Gasteiger partial charge in [0.25, 0.3) is 0 Å². The molecule has 1 atom stereocenters. The molecule has 0 aromatic heterocycles. The van der Waals surface area contributed by atoms with Crippen LogP contribution in [0.25, 0.3) is 0 Å². The van der Waals surface area contributed by atoms with Crippen molar-refractivity contribution in [2.45, 2.75) is 32.5 Å². The number of ether oxygens (including phenoxy) is 1. The molecule has 0 amide bonds. The molecule has 1 aliphatic heterocycles. The fourth-order valence-electron chi connectivity index (χ4n) is 2.00. The van der Waals surface area contributed by atoms with Crippen LogP contribution in [-0.2, 0) is 17.8 Å². The third-order valence-corrected chi connectivity index (χ3v) is 2.74. The number of benzene rings is 1. The second-order valence-electron chi connectivity index (χ2n) is 4.05. The van der Waals surface area contributed by atoms with Crippen LogP contribution in [0.2, 0.25) is 0 Å². The molecule has 0 N–H and O–H groups in total. The van der Waals surface area contributed by atoms with Gasteiger partial charge in [-0.15, -0.1) is 0 Å². The van der Waals surface area contributed by atoms with E-state index in [2.05, 4.69) is 43.3 Å². The number of hydrogen-bond donors (Lipinski definition) is 0. The van der Waals surface area contributed by atoms with Gasteiger partial charge in [-0.1, -0.05) is 36.4 Å². The van der Waals surface area contributed by atoms with Gasteiger partial charge in [-0.05, 0) is 25.0 Å². The zero-order valence-corrected chi connectivity index (χ0v) is 8.79. The minimum atomic E-state index is -0.108. The maximum atomic E-state index is 5.85. The first-order valence-corrected chi connectivity index (χ1v) is 5.08. The van der Waals surface area contributed by atoms with E-state index < -0.39 is 0 Å². The summed E-state index contributed by atoms with van der Waals surface area (Å²) >= 11 is 0. The van der Waals surface area contributed by atoms with Gasteiger partial charge >= 0.3 is 0 Å². The molecule has 1 nitrogen and oxygen atoms in total. The number of allylic oxidation sites excluding steroid dienone is 1. The summed E-state index contributed by atoms with van der Waals surface area (Å²) in [6.45, 7) is 4.91. The van der Waals surface area contributed by atoms with Crippen molar-refractivity contribution >= 4 is 0 Å². The average molecular weight is 188 g/mol. The van der Waals surface area contributed by atoms with Crippen molar-refractivity contribution in [1.82, 2.24) is 0 Å². The molecule has 1 heteroatoms. The first-order chi connectivity index (χ1) is 6.73. The van der Waals surface area contributed by atoms with E-state index in [0.29, 0.717) is 0 Å². The predicted octanol–water partition coefficient (Wildman–Crippen LogP) is 3.09. The monoisotopic (exact) mass is 188 g/mol. The van der Waals surface area contributed by atoms with E-state index in [1.807, 2.05) is 6.92 Å². The summed E-state index contributed by atoms with van der Waals surface area (Å²) in [5, 5.41) is 0. The Labute approximate surface area is 85.4 Å². The van der Waals surface area contributed by atoms with Crippen LogP contribution in [0.3, 0.4) is 0 Å². The minimum Gasteiger partial charge on any atom is -0.366 e. The summed E-state index contributed by atoms with van der Waals surface area (Å²) < 4.78 is 5.85. The fourth-order valence-corrected chi connectivity index (χ4v) is 2.00. The minimum absolute atomic E-state index is 0.108. The third kappa shape index (κ3) is 1.73. The van der Waals surface area contributed by atoms with Gasteiger partial charge in [0.1, 0.15) is 0 Å². The van der Waals surface area contributed by atoms with Crippen molar-refractivity contribution in [3.05, 3.63) is 47.5 Å². The summed E-state index contributed by atoms with van der Waals surface area (Å²) in [6.07, 6.45) is 5.18. The van der Waals surface area contributed by atoms with Crippen molar-refractivity contribution in [1.29, 1.82) is 0 Å². The normalized spacial score (nSPS) is 26.4. The van der Waals surface area contributed by atoms with Crippen LogP contribution >= 0.6 is 0 Å². The molecule has 0 bridgehead atoms. The Morgan fingerprint density at radius 1 is 1.29 bits per heavy atom. The molecule has 0 saturated heterocycles. The molecule has 0 saturated carbocycles. The first kappa shape index (κ1) is 9.47. The molecule has 1 heterocycles. The Morgan fingerprint density at radius 2 is 2.00 bits per heavy atom. The van der Waals surface area contributed by atoms with Gasteiger partial charge in [0.05, 0.1) is 12.2 Å². The van der Waals surface area contributed by atoms with E-state index >= 15 is 0 Å². The van der Waals surface area contributed by atoms with E-state index in [9.17, 15) is 0 Å². The molecule has 0 aliphatic carbocycles. The molecule has 2 rings (SSSR count). The number of rotatable bonds is 1. The van der Waals surface area contributed by atoms with E-state index in [1.165, 1.54) is 11.1 Å². The van der Waals surface area contributed by atoms with E-state index in [4.69, 9.17) is 4.74 Å². The van der Waals surface area contributed by atoms with Crippen LogP contribution in [-0.4, -0.2) is 5.60 Å². The van der Waals surface area contributed by atoms with Crippen molar-refractivity contribution in [2.75, 3.05) is 0 Å². The lowest BCUT2D eigenvalue weighted by Crippen LogP contribution is -2.33. The van der Waals surface area contributed by atoms with Gasteiger partial charge in [-0.25, -0.2) is 0 Å². The van der Waals surface area contributed by atoms with E-state index in [0.717, 1.165) is 13.0 Å². The quantitative estimate of drug-likeness (QED) is 0.615. The molecular formula is C13H16O. The standard InChI is InChI=1S/C13H16O/c1-3-8-13(2)9-11-6-4-5-7-12(11)10-14-13/h3-8H,9-10H2,1-2H3/b8-3+.